The van der Waals surface area contributed by atoms with Crippen LogP contribution in [-0.4, -0.2) is 89.2 Å². The van der Waals surface area contributed by atoms with Crippen molar-refractivity contribution in [2.45, 2.75) is 18.1 Å². The third-order valence-electron chi connectivity index (χ3n) is 7.11. The number of benzene rings is 2. The van der Waals surface area contributed by atoms with Gasteiger partial charge in [-0.1, -0.05) is 53.2 Å². The Labute approximate surface area is 247 Å². The summed E-state index contributed by atoms with van der Waals surface area (Å²) in [6.45, 7) is 6.08. The standard InChI is InChI=1S/C28H29Cl2FN6O2S/c1-19-17-36(13-14-37(19)27(39)22-7-2-3-8-23(22)31)25-16-24(30)32-28(33-25)40-18-26(38)35-11-9-34(10-12-35)21-6-4-5-20(29)15-21/h2-8,15-16,19H,9-14,17-18H2,1H3. The number of carbonyl (C=O) groups excluding carboxylic acids is 2. The molecular formula is C28H29Cl2FN6O2S. The van der Waals surface area contributed by atoms with Crippen LogP contribution >= 0.6 is 35.0 Å². The van der Waals surface area contributed by atoms with Gasteiger partial charge in [-0.2, -0.15) is 0 Å². The molecule has 2 fully saturated rings. The van der Waals surface area contributed by atoms with Gasteiger partial charge in [0.2, 0.25) is 5.91 Å². The van der Waals surface area contributed by atoms with Gasteiger partial charge in [0.05, 0.1) is 11.3 Å². The molecule has 8 nitrogen and oxygen atoms in total. The molecule has 40 heavy (non-hydrogen) atoms. The lowest BCUT2D eigenvalue weighted by molar-refractivity contribution is -0.128. The van der Waals surface area contributed by atoms with Crippen molar-refractivity contribution in [3.05, 3.63) is 76.2 Å². The molecule has 210 valence electrons. The largest absolute Gasteiger partial charge is 0.368 e. The maximum absolute atomic E-state index is 14.2. The van der Waals surface area contributed by atoms with E-state index in [-0.39, 0.29) is 34.3 Å². The van der Waals surface area contributed by atoms with Gasteiger partial charge in [0.25, 0.3) is 5.91 Å². The van der Waals surface area contributed by atoms with Crippen LogP contribution in [0.2, 0.25) is 10.2 Å². The molecular weight excluding hydrogens is 574 g/mol. The van der Waals surface area contributed by atoms with Crippen molar-refractivity contribution in [2.24, 2.45) is 0 Å². The topological polar surface area (TPSA) is 72.9 Å². The first kappa shape index (κ1) is 28.4. The molecule has 0 bridgehead atoms. The van der Waals surface area contributed by atoms with Gasteiger partial charge >= 0.3 is 0 Å². The van der Waals surface area contributed by atoms with Gasteiger partial charge in [-0.25, -0.2) is 14.4 Å². The number of aromatic nitrogens is 2. The minimum atomic E-state index is -0.524. The number of rotatable bonds is 6. The van der Waals surface area contributed by atoms with Crippen molar-refractivity contribution in [3.63, 3.8) is 0 Å². The second kappa shape index (κ2) is 12.6. The van der Waals surface area contributed by atoms with Crippen LogP contribution in [0.1, 0.15) is 17.3 Å². The molecule has 2 aromatic carbocycles. The predicted molar refractivity (Wildman–Crippen MR) is 157 cm³/mol. The number of anilines is 2. The molecule has 0 N–H and O–H groups in total. The number of carbonyl (C=O) groups is 2. The third-order valence-corrected chi connectivity index (χ3v) is 8.37. The Hall–Kier alpha value is -3.08. The summed E-state index contributed by atoms with van der Waals surface area (Å²) >= 11 is 13.7. The predicted octanol–water partition coefficient (Wildman–Crippen LogP) is 4.71. The summed E-state index contributed by atoms with van der Waals surface area (Å²) in [7, 11) is 0. The smallest absolute Gasteiger partial charge is 0.257 e. The number of piperazine rings is 2. The van der Waals surface area contributed by atoms with E-state index in [1.807, 2.05) is 41.0 Å². The van der Waals surface area contributed by atoms with Crippen LogP contribution in [0.4, 0.5) is 15.9 Å². The van der Waals surface area contributed by atoms with Crippen molar-refractivity contribution in [1.29, 1.82) is 0 Å². The Kier molecular flexibility index (Phi) is 8.97. The van der Waals surface area contributed by atoms with Gasteiger partial charge in [0.15, 0.2) is 5.16 Å². The van der Waals surface area contributed by atoms with E-state index in [1.54, 1.807) is 23.1 Å². The fraction of sp³-hybridized carbons (Fsp3) is 0.357. The van der Waals surface area contributed by atoms with Crippen molar-refractivity contribution in [2.75, 3.05) is 61.4 Å². The highest BCUT2D eigenvalue weighted by Gasteiger charge is 2.30. The van der Waals surface area contributed by atoms with Crippen LogP contribution in [0.25, 0.3) is 0 Å². The van der Waals surface area contributed by atoms with Gasteiger partial charge in [0.1, 0.15) is 16.8 Å². The SMILES string of the molecule is CC1CN(c2cc(Cl)nc(SCC(=O)N3CCN(c4cccc(Cl)c4)CC3)n2)CCN1C(=O)c1ccccc1F. The number of halogens is 3. The number of hydrogen-bond acceptors (Lipinski definition) is 7. The Morgan fingerprint density at radius 1 is 0.950 bits per heavy atom. The average molecular weight is 604 g/mol. The van der Waals surface area contributed by atoms with Crippen molar-refractivity contribution >= 4 is 58.3 Å². The van der Waals surface area contributed by atoms with Gasteiger partial charge in [-0.05, 0) is 37.3 Å². The monoisotopic (exact) mass is 602 g/mol. The summed E-state index contributed by atoms with van der Waals surface area (Å²) in [6.07, 6.45) is 0. The van der Waals surface area contributed by atoms with Gasteiger partial charge in [-0.3, -0.25) is 9.59 Å². The lowest BCUT2D eigenvalue weighted by Gasteiger charge is -2.40. The minimum absolute atomic E-state index is 0.0229. The lowest BCUT2D eigenvalue weighted by atomic mass is 10.1. The van der Waals surface area contributed by atoms with E-state index in [9.17, 15) is 14.0 Å². The summed E-state index contributed by atoms with van der Waals surface area (Å²) in [6, 6.07) is 15.3. The van der Waals surface area contributed by atoms with Crippen LogP contribution in [0.5, 0.6) is 0 Å². The number of amides is 2. The van der Waals surface area contributed by atoms with Crippen molar-refractivity contribution in [3.8, 4) is 0 Å². The normalized spacial score (nSPS) is 17.8. The first-order valence-electron chi connectivity index (χ1n) is 13.0. The number of thioether (sulfide) groups is 1. The summed E-state index contributed by atoms with van der Waals surface area (Å²) < 4.78 is 14.2. The first-order chi connectivity index (χ1) is 19.3. The van der Waals surface area contributed by atoms with Crippen LogP contribution in [0, 0.1) is 5.82 Å². The zero-order chi connectivity index (χ0) is 28.2. The Morgan fingerprint density at radius 3 is 2.42 bits per heavy atom. The van der Waals surface area contributed by atoms with E-state index in [0.29, 0.717) is 48.7 Å². The molecule has 2 amide bonds. The molecule has 2 saturated heterocycles. The van der Waals surface area contributed by atoms with Crippen LogP contribution < -0.4 is 9.80 Å². The average Bonchev–Trinajstić information content (AvgIpc) is 2.95. The van der Waals surface area contributed by atoms with E-state index >= 15 is 0 Å². The molecule has 1 atom stereocenters. The molecule has 1 aromatic heterocycles. The minimum Gasteiger partial charge on any atom is -0.368 e. The van der Waals surface area contributed by atoms with Crippen LogP contribution in [0.3, 0.4) is 0 Å². The van der Waals surface area contributed by atoms with Crippen molar-refractivity contribution < 1.29 is 14.0 Å². The molecule has 2 aliphatic rings. The Balaban J connectivity index is 1.15. The molecule has 0 spiro atoms. The molecule has 0 saturated carbocycles. The second-order valence-electron chi connectivity index (χ2n) is 9.74. The highest BCUT2D eigenvalue weighted by molar-refractivity contribution is 7.99. The fourth-order valence-electron chi connectivity index (χ4n) is 4.97. The first-order valence-corrected chi connectivity index (χ1v) is 14.8. The summed E-state index contributed by atoms with van der Waals surface area (Å²) in [5, 5.41) is 1.40. The Morgan fingerprint density at radius 2 is 1.70 bits per heavy atom. The summed E-state index contributed by atoms with van der Waals surface area (Å²) in [4.78, 5) is 42.6. The fourth-order valence-corrected chi connectivity index (χ4v) is 6.14. The molecule has 5 rings (SSSR count). The van der Waals surface area contributed by atoms with Crippen molar-refractivity contribution in [1.82, 2.24) is 19.8 Å². The van der Waals surface area contributed by atoms with E-state index in [4.69, 9.17) is 23.2 Å². The van der Waals surface area contributed by atoms with Gasteiger partial charge < -0.3 is 19.6 Å². The maximum Gasteiger partial charge on any atom is 0.257 e. The lowest BCUT2D eigenvalue weighted by Crippen LogP contribution is -2.54. The molecule has 3 aromatic rings. The molecule has 2 aliphatic heterocycles. The highest BCUT2D eigenvalue weighted by Crippen LogP contribution is 2.26. The molecule has 3 heterocycles. The van der Waals surface area contributed by atoms with E-state index in [1.165, 1.54) is 23.9 Å². The molecule has 0 radical (unpaired) electrons. The zero-order valence-corrected chi connectivity index (χ0v) is 24.3. The highest BCUT2D eigenvalue weighted by atomic mass is 35.5. The third kappa shape index (κ3) is 6.62. The molecule has 12 heteroatoms. The molecule has 1 unspecified atom stereocenters. The van der Waals surface area contributed by atoms with Gasteiger partial charge in [0, 0.05) is 68.6 Å². The van der Waals surface area contributed by atoms with Crippen LogP contribution in [-0.2, 0) is 4.79 Å². The second-order valence-corrected chi connectivity index (χ2v) is 11.5. The summed E-state index contributed by atoms with van der Waals surface area (Å²) in [5.74, 6) is 0.0147. The number of hydrogen-bond donors (Lipinski definition) is 0. The molecule has 0 aliphatic carbocycles. The quantitative estimate of drug-likeness (QED) is 0.230. The van der Waals surface area contributed by atoms with Crippen LogP contribution in [0.15, 0.2) is 59.8 Å². The summed E-state index contributed by atoms with van der Waals surface area (Å²) in [5.41, 5.74) is 1.13. The Bertz CT molecular complexity index is 1390. The zero-order valence-electron chi connectivity index (χ0n) is 22.0. The maximum atomic E-state index is 14.2. The van der Waals surface area contributed by atoms with E-state index < -0.39 is 5.82 Å². The van der Waals surface area contributed by atoms with E-state index in [0.717, 1.165) is 18.8 Å². The van der Waals surface area contributed by atoms with E-state index in [2.05, 4.69) is 14.9 Å². The number of nitrogens with zero attached hydrogens (tertiary/aromatic N) is 6. The van der Waals surface area contributed by atoms with Gasteiger partial charge in [-0.15, -0.1) is 0 Å².